The first-order chi connectivity index (χ1) is 12.7. The maximum absolute atomic E-state index is 12.3. The molecule has 0 fully saturated rings. The number of halogens is 1. The molecule has 0 aliphatic heterocycles. The molecule has 4 nitrogen and oxygen atoms in total. The summed E-state index contributed by atoms with van der Waals surface area (Å²) in [6.07, 6.45) is 0.418. The number of thioether (sulfide) groups is 1. The molecule has 2 aromatic carbocycles. The van der Waals surface area contributed by atoms with Crippen LogP contribution in [0.3, 0.4) is 0 Å². The summed E-state index contributed by atoms with van der Waals surface area (Å²) in [5.41, 5.74) is 1.07. The largest absolute Gasteiger partial charge is 0.383 e. The van der Waals surface area contributed by atoms with Crippen LogP contribution in [0.2, 0.25) is 0 Å². The first-order valence-electron chi connectivity index (χ1n) is 8.20. The second-order valence-electron chi connectivity index (χ2n) is 5.56. The summed E-state index contributed by atoms with van der Waals surface area (Å²) in [5.74, 6) is 0.631. The van der Waals surface area contributed by atoms with Crippen molar-refractivity contribution in [3.8, 4) is 0 Å². The fourth-order valence-electron chi connectivity index (χ4n) is 2.47. The average molecular weight is 451 g/mol. The lowest BCUT2D eigenvalue weighted by atomic mass is 10.3. The minimum atomic E-state index is -0.0924. The standard InChI is InChI=1S/C19H19BrN2O2S2/c1-24-11-10-22-16-8-7-14(20)13-17(16)26-19(22)21-18(23)9-12-25-15-5-3-2-4-6-15/h2-8,13H,9-12H2,1H3. The number of amides is 1. The molecule has 0 spiro atoms. The van der Waals surface area contributed by atoms with Crippen LogP contribution in [-0.4, -0.2) is 29.9 Å². The van der Waals surface area contributed by atoms with Gasteiger partial charge in [-0.2, -0.15) is 4.99 Å². The van der Waals surface area contributed by atoms with E-state index in [2.05, 4.69) is 43.7 Å². The van der Waals surface area contributed by atoms with E-state index in [0.29, 0.717) is 19.6 Å². The van der Waals surface area contributed by atoms with E-state index >= 15 is 0 Å². The highest BCUT2D eigenvalue weighted by atomic mass is 79.9. The number of ether oxygens (including phenoxy) is 1. The third-order valence-corrected chi connectivity index (χ3v) is 6.26. The topological polar surface area (TPSA) is 43.6 Å². The van der Waals surface area contributed by atoms with Gasteiger partial charge in [-0.25, -0.2) is 0 Å². The molecular weight excluding hydrogens is 432 g/mol. The number of carbonyl (C=O) groups is 1. The van der Waals surface area contributed by atoms with Crippen LogP contribution in [0.15, 0.2) is 62.9 Å². The van der Waals surface area contributed by atoms with Crippen molar-refractivity contribution in [2.75, 3.05) is 19.5 Å². The van der Waals surface area contributed by atoms with Gasteiger partial charge in [-0.1, -0.05) is 45.5 Å². The Morgan fingerprint density at radius 3 is 2.85 bits per heavy atom. The van der Waals surface area contributed by atoms with Gasteiger partial charge in [-0.3, -0.25) is 4.79 Å². The monoisotopic (exact) mass is 450 g/mol. The Morgan fingerprint density at radius 2 is 2.08 bits per heavy atom. The predicted molar refractivity (Wildman–Crippen MR) is 112 cm³/mol. The predicted octanol–water partition coefficient (Wildman–Crippen LogP) is 4.72. The van der Waals surface area contributed by atoms with Gasteiger partial charge in [0.05, 0.1) is 16.8 Å². The highest BCUT2D eigenvalue weighted by Crippen LogP contribution is 2.22. The second kappa shape index (κ2) is 9.50. The Bertz CT molecular complexity index is 951. The van der Waals surface area contributed by atoms with Gasteiger partial charge in [0.1, 0.15) is 0 Å². The number of carbonyl (C=O) groups excluding carboxylic acids is 1. The van der Waals surface area contributed by atoms with Crippen LogP contribution in [0.4, 0.5) is 0 Å². The number of rotatable bonds is 7. The van der Waals surface area contributed by atoms with E-state index in [9.17, 15) is 4.79 Å². The number of benzene rings is 2. The number of hydrogen-bond acceptors (Lipinski definition) is 4. The Kier molecular flexibility index (Phi) is 7.07. The lowest BCUT2D eigenvalue weighted by molar-refractivity contribution is -0.117. The van der Waals surface area contributed by atoms with Gasteiger partial charge in [-0.15, -0.1) is 11.8 Å². The van der Waals surface area contributed by atoms with Gasteiger partial charge >= 0.3 is 0 Å². The van der Waals surface area contributed by atoms with Gasteiger partial charge in [0.25, 0.3) is 0 Å². The van der Waals surface area contributed by atoms with E-state index in [1.54, 1.807) is 18.9 Å². The van der Waals surface area contributed by atoms with Gasteiger partial charge in [-0.05, 0) is 30.3 Å². The third-order valence-electron chi connectivity index (χ3n) is 3.71. The molecule has 3 aromatic rings. The molecule has 0 unspecified atom stereocenters. The maximum atomic E-state index is 12.3. The van der Waals surface area contributed by atoms with Crippen LogP contribution in [0, 0.1) is 0 Å². The molecule has 7 heteroatoms. The van der Waals surface area contributed by atoms with Crippen molar-refractivity contribution in [1.29, 1.82) is 0 Å². The Labute approximate surface area is 169 Å². The lowest BCUT2D eigenvalue weighted by Gasteiger charge is -2.04. The van der Waals surface area contributed by atoms with Gasteiger partial charge in [0.2, 0.25) is 5.91 Å². The Morgan fingerprint density at radius 1 is 1.27 bits per heavy atom. The zero-order chi connectivity index (χ0) is 18.4. The van der Waals surface area contributed by atoms with Crippen molar-refractivity contribution in [3.63, 3.8) is 0 Å². The molecule has 0 radical (unpaired) electrons. The second-order valence-corrected chi connectivity index (χ2v) is 8.65. The molecule has 0 saturated heterocycles. The number of hydrogen-bond donors (Lipinski definition) is 0. The van der Waals surface area contributed by atoms with Crippen molar-refractivity contribution < 1.29 is 9.53 Å². The van der Waals surface area contributed by atoms with Gasteiger partial charge < -0.3 is 9.30 Å². The lowest BCUT2D eigenvalue weighted by Crippen LogP contribution is -2.19. The SMILES string of the molecule is COCCn1c(=NC(=O)CCSc2ccccc2)sc2cc(Br)ccc21. The molecule has 0 atom stereocenters. The summed E-state index contributed by atoms with van der Waals surface area (Å²) in [7, 11) is 1.68. The molecule has 1 heterocycles. The summed E-state index contributed by atoms with van der Waals surface area (Å²) >= 11 is 6.70. The quantitative estimate of drug-likeness (QED) is 0.489. The van der Waals surface area contributed by atoms with Crippen LogP contribution < -0.4 is 4.80 Å². The molecule has 1 amide bonds. The molecule has 0 saturated carbocycles. The zero-order valence-corrected chi connectivity index (χ0v) is 17.6. The molecule has 0 bridgehead atoms. The summed E-state index contributed by atoms with van der Waals surface area (Å²) in [5, 5.41) is 0. The molecule has 1 aromatic heterocycles. The third kappa shape index (κ3) is 5.07. The number of nitrogens with zero attached hydrogens (tertiary/aromatic N) is 2. The van der Waals surface area contributed by atoms with Crippen LogP contribution in [0.25, 0.3) is 10.2 Å². The minimum Gasteiger partial charge on any atom is -0.383 e. The number of methoxy groups -OCH3 is 1. The average Bonchev–Trinajstić information content (AvgIpc) is 2.96. The first-order valence-corrected chi connectivity index (χ1v) is 10.8. The highest BCUT2D eigenvalue weighted by molar-refractivity contribution is 9.10. The van der Waals surface area contributed by atoms with Crippen molar-refractivity contribution >= 4 is 55.2 Å². The molecule has 3 rings (SSSR count). The van der Waals surface area contributed by atoms with Crippen LogP contribution in [0.1, 0.15) is 6.42 Å². The van der Waals surface area contributed by atoms with E-state index in [-0.39, 0.29) is 5.91 Å². The van der Waals surface area contributed by atoms with E-state index in [1.165, 1.54) is 16.2 Å². The molecule has 0 aliphatic carbocycles. The molecule has 0 N–H and O–H groups in total. The van der Waals surface area contributed by atoms with Crippen LogP contribution >= 0.6 is 39.0 Å². The smallest absolute Gasteiger partial charge is 0.249 e. The van der Waals surface area contributed by atoms with Crippen molar-refractivity contribution in [3.05, 3.63) is 57.8 Å². The number of thiazole rings is 1. The van der Waals surface area contributed by atoms with Crippen LogP contribution in [0.5, 0.6) is 0 Å². The van der Waals surface area contributed by atoms with E-state index in [0.717, 1.165) is 25.2 Å². The van der Waals surface area contributed by atoms with Crippen molar-refractivity contribution in [2.45, 2.75) is 17.9 Å². The normalized spacial score (nSPS) is 12.0. The summed E-state index contributed by atoms with van der Waals surface area (Å²) in [6.45, 7) is 1.25. The van der Waals surface area contributed by atoms with Gasteiger partial charge in [0.15, 0.2) is 4.80 Å². The fourth-order valence-corrected chi connectivity index (χ4v) is 4.95. The van der Waals surface area contributed by atoms with E-state index < -0.39 is 0 Å². The molecule has 136 valence electrons. The number of aromatic nitrogens is 1. The number of fused-ring (bicyclic) bond motifs is 1. The summed E-state index contributed by atoms with van der Waals surface area (Å²) < 4.78 is 9.37. The summed E-state index contributed by atoms with van der Waals surface area (Å²) in [6, 6.07) is 16.2. The van der Waals surface area contributed by atoms with Crippen molar-refractivity contribution in [2.24, 2.45) is 4.99 Å². The fraction of sp³-hybridized carbons (Fsp3) is 0.263. The summed E-state index contributed by atoms with van der Waals surface area (Å²) in [4.78, 5) is 18.6. The van der Waals surface area contributed by atoms with Gasteiger partial charge in [0, 0.05) is 35.2 Å². The van der Waals surface area contributed by atoms with Crippen molar-refractivity contribution in [1.82, 2.24) is 4.57 Å². The maximum Gasteiger partial charge on any atom is 0.249 e. The van der Waals surface area contributed by atoms with E-state index in [4.69, 9.17) is 4.74 Å². The Balaban J connectivity index is 1.77. The van der Waals surface area contributed by atoms with Crippen LogP contribution in [-0.2, 0) is 16.1 Å². The first kappa shape index (κ1) is 19.4. The Hall–Kier alpha value is -1.41. The zero-order valence-electron chi connectivity index (χ0n) is 14.4. The van der Waals surface area contributed by atoms with E-state index in [1.807, 2.05) is 30.3 Å². The highest BCUT2D eigenvalue weighted by Gasteiger charge is 2.08. The molecular formula is C19H19BrN2O2S2. The molecule has 26 heavy (non-hydrogen) atoms. The molecule has 0 aliphatic rings. The minimum absolute atomic E-state index is 0.0924.